The Kier molecular flexibility index (Phi) is 10.7. The zero-order chi connectivity index (χ0) is 19.5. The zero-order valence-corrected chi connectivity index (χ0v) is 15.0. The second-order valence-electron chi connectivity index (χ2n) is 6.41. The van der Waals surface area contributed by atoms with E-state index in [-0.39, 0.29) is 44.9 Å². The average Bonchev–Trinajstić information content (AvgIpc) is 2.51. The fraction of sp³-hybridized carbons (Fsp3) is 0.800. The van der Waals surface area contributed by atoms with Crippen molar-refractivity contribution < 1.29 is 29.3 Å². The molecule has 3 amide bonds. The third-order valence-electron chi connectivity index (χ3n) is 2.86. The standard InChI is InChI=1S/C15H30N4O6/c1-15(2,3)25-14(24)19-9-8-17-11(21)5-4-10(20)12(22)13(23)18-7-6-16/h10,12,20,22H,4-9,16H2,1-3H3,(H,17,21)(H,18,23)(H,19,24). The molecule has 10 heteroatoms. The first-order valence-corrected chi connectivity index (χ1v) is 8.14. The molecule has 0 radical (unpaired) electrons. The third-order valence-corrected chi connectivity index (χ3v) is 2.86. The van der Waals surface area contributed by atoms with E-state index in [1.54, 1.807) is 20.8 Å². The first kappa shape index (κ1) is 23.1. The quantitative estimate of drug-likeness (QED) is 0.250. The zero-order valence-electron chi connectivity index (χ0n) is 15.0. The Balaban J connectivity index is 3.89. The van der Waals surface area contributed by atoms with E-state index in [1.807, 2.05) is 0 Å². The molecule has 25 heavy (non-hydrogen) atoms. The Hall–Kier alpha value is -1.91. The lowest BCUT2D eigenvalue weighted by Gasteiger charge is -2.19. The van der Waals surface area contributed by atoms with Crippen molar-refractivity contribution in [3.8, 4) is 0 Å². The summed E-state index contributed by atoms with van der Waals surface area (Å²) in [6, 6.07) is 0. The van der Waals surface area contributed by atoms with E-state index in [4.69, 9.17) is 10.5 Å². The van der Waals surface area contributed by atoms with Crippen LogP contribution in [0.5, 0.6) is 0 Å². The van der Waals surface area contributed by atoms with Crippen LogP contribution in [-0.2, 0) is 14.3 Å². The predicted molar refractivity (Wildman–Crippen MR) is 90.6 cm³/mol. The van der Waals surface area contributed by atoms with Gasteiger partial charge in [0.1, 0.15) is 5.60 Å². The fourth-order valence-electron chi connectivity index (χ4n) is 1.68. The van der Waals surface area contributed by atoms with Gasteiger partial charge in [0.05, 0.1) is 6.10 Å². The number of aliphatic hydroxyl groups excluding tert-OH is 2. The maximum atomic E-state index is 11.6. The number of aliphatic hydroxyl groups is 2. The van der Waals surface area contributed by atoms with Crippen molar-refractivity contribution in [2.24, 2.45) is 5.73 Å². The molecule has 0 fully saturated rings. The molecule has 0 saturated carbocycles. The summed E-state index contributed by atoms with van der Waals surface area (Å²) in [6.07, 6.45) is -3.71. The molecule has 0 saturated heterocycles. The van der Waals surface area contributed by atoms with Crippen molar-refractivity contribution in [1.82, 2.24) is 16.0 Å². The summed E-state index contributed by atoms with van der Waals surface area (Å²) in [5.74, 6) is -1.11. The van der Waals surface area contributed by atoms with Gasteiger partial charge in [-0.2, -0.15) is 0 Å². The Labute approximate surface area is 147 Å². The molecule has 0 aromatic heterocycles. The Morgan fingerprint density at radius 1 is 1.04 bits per heavy atom. The van der Waals surface area contributed by atoms with Crippen LogP contribution in [0, 0.1) is 0 Å². The molecule has 2 atom stereocenters. The van der Waals surface area contributed by atoms with Crippen LogP contribution in [0.1, 0.15) is 33.6 Å². The molecule has 7 N–H and O–H groups in total. The van der Waals surface area contributed by atoms with E-state index in [2.05, 4.69) is 16.0 Å². The molecular formula is C15H30N4O6. The highest BCUT2D eigenvalue weighted by molar-refractivity contribution is 5.81. The number of hydrogen-bond acceptors (Lipinski definition) is 7. The SMILES string of the molecule is CC(C)(C)OC(=O)NCCNC(=O)CCC(O)C(O)C(=O)NCCN. The second kappa shape index (κ2) is 11.6. The van der Waals surface area contributed by atoms with Gasteiger partial charge in [0.2, 0.25) is 5.91 Å². The van der Waals surface area contributed by atoms with Crippen molar-refractivity contribution >= 4 is 17.9 Å². The van der Waals surface area contributed by atoms with Gasteiger partial charge in [0.25, 0.3) is 5.91 Å². The summed E-state index contributed by atoms with van der Waals surface area (Å²) in [5, 5.41) is 26.7. The maximum absolute atomic E-state index is 11.6. The van der Waals surface area contributed by atoms with Gasteiger partial charge in [-0.3, -0.25) is 9.59 Å². The molecule has 146 valence electrons. The van der Waals surface area contributed by atoms with Gasteiger partial charge in [-0.1, -0.05) is 0 Å². The molecule has 0 aliphatic carbocycles. The highest BCUT2D eigenvalue weighted by atomic mass is 16.6. The number of amides is 3. The van der Waals surface area contributed by atoms with Gasteiger partial charge < -0.3 is 36.6 Å². The fourth-order valence-corrected chi connectivity index (χ4v) is 1.68. The van der Waals surface area contributed by atoms with Crippen molar-refractivity contribution in [2.75, 3.05) is 26.2 Å². The largest absolute Gasteiger partial charge is 0.444 e. The van der Waals surface area contributed by atoms with Crippen LogP contribution in [0.25, 0.3) is 0 Å². The minimum Gasteiger partial charge on any atom is -0.444 e. The van der Waals surface area contributed by atoms with Gasteiger partial charge >= 0.3 is 6.09 Å². The highest BCUT2D eigenvalue weighted by Crippen LogP contribution is 2.06. The topological polar surface area (TPSA) is 163 Å². The molecule has 0 spiro atoms. The van der Waals surface area contributed by atoms with Crippen LogP contribution in [0.15, 0.2) is 0 Å². The number of nitrogens with one attached hydrogen (secondary N) is 3. The van der Waals surface area contributed by atoms with E-state index in [0.29, 0.717) is 0 Å². The van der Waals surface area contributed by atoms with E-state index >= 15 is 0 Å². The summed E-state index contributed by atoms with van der Waals surface area (Å²) in [5.41, 5.74) is 4.62. The van der Waals surface area contributed by atoms with E-state index in [1.165, 1.54) is 0 Å². The normalized spacial score (nSPS) is 13.5. The third kappa shape index (κ3) is 12.1. The number of alkyl carbamates (subject to hydrolysis) is 1. The van der Waals surface area contributed by atoms with Gasteiger partial charge in [-0.25, -0.2) is 4.79 Å². The maximum Gasteiger partial charge on any atom is 0.407 e. The monoisotopic (exact) mass is 362 g/mol. The number of ether oxygens (including phenoxy) is 1. The van der Waals surface area contributed by atoms with E-state index in [9.17, 15) is 24.6 Å². The molecule has 0 bridgehead atoms. The predicted octanol–water partition coefficient (Wildman–Crippen LogP) is -1.80. The molecule has 10 nitrogen and oxygen atoms in total. The van der Waals surface area contributed by atoms with Crippen LogP contribution < -0.4 is 21.7 Å². The van der Waals surface area contributed by atoms with Crippen LogP contribution in [0.3, 0.4) is 0 Å². The second-order valence-corrected chi connectivity index (χ2v) is 6.41. The Morgan fingerprint density at radius 3 is 2.20 bits per heavy atom. The van der Waals surface area contributed by atoms with Crippen molar-refractivity contribution in [1.29, 1.82) is 0 Å². The molecule has 0 aliphatic rings. The molecule has 0 aromatic carbocycles. The minimum absolute atomic E-state index is 0.0746. The van der Waals surface area contributed by atoms with Crippen LogP contribution in [0.2, 0.25) is 0 Å². The number of nitrogens with two attached hydrogens (primary N) is 1. The van der Waals surface area contributed by atoms with Crippen molar-refractivity contribution in [3.05, 3.63) is 0 Å². The van der Waals surface area contributed by atoms with Crippen LogP contribution in [0.4, 0.5) is 4.79 Å². The lowest BCUT2D eigenvalue weighted by molar-refractivity contribution is -0.136. The number of carbonyl (C=O) groups is 3. The summed E-state index contributed by atoms with van der Waals surface area (Å²) in [6.45, 7) is 6.00. The van der Waals surface area contributed by atoms with E-state index in [0.717, 1.165) is 0 Å². The van der Waals surface area contributed by atoms with E-state index < -0.39 is 29.8 Å². The summed E-state index contributed by atoms with van der Waals surface area (Å²) in [7, 11) is 0. The molecule has 0 heterocycles. The minimum atomic E-state index is -1.62. The van der Waals surface area contributed by atoms with Crippen molar-refractivity contribution in [2.45, 2.75) is 51.4 Å². The van der Waals surface area contributed by atoms with Gasteiger partial charge in [-0.15, -0.1) is 0 Å². The summed E-state index contributed by atoms with van der Waals surface area (Å²) < 4.78 is 5.03. The smallest absolute Gasteiger partial charge is 0.407 e. The lowest BCUT2D eigenvalue weighted by Crippen LogP contribution is -2.44. The lowest BCUT2D eigenvalue weighted by atomic mass is 10.1. The Bertz CT molecular complexity index is 438. The van der Waals surface area contributed by atoms with Gasteiger partial charge in [-0.05, 0) is 27.2 Å². The first-order valence-electron chi connectivity index (χ1n) is 8.14. The van der Waals surface area contributed by atoms with Crippen LogP contribution in [-0.4, -0.2) is 72.1 Å². The number of carbonyl (C=O) groups excluding carboxylic acids is 3. The summed E-state index contributed by atoms with van der Waals surface area (Å²) >= 11 is 0. The first-order chi connectivity index (χ1) is 11.6. The van der Waals surface area contributed by atoms with Crippen LogP contribution >= 0.6 is 0 Å². The van der Waals surface area contributed by atoms with Crippen molar-refractivity contribution in [3.63, 3.8) is 0 Å². The van der Waals surface area contributed by atoms with Gasteiger partial charge in [0.15, 0.2) is 6.10 Å². The summed E-state index contributed by atoms with van der Waals surface area (Å²) in [4.78, 5) is 34.4. The Morgan fingerprint density at radius 2 is 1.64 bits per heavy atom. The number of hydrogen-bond donors (Lipinski definition) is 6. The highest BCUT2D eigenvalue weighted by Gasteiger charge is 2.24. The molecule has 0 aromatic rings. The molecule has 2 unspecified atom stereocenters. The average molecular weight is 362 g/mol. The molecular weight excluding hydrogens is 332 g/mol. The van der Waals surface area contributed by atoms with Gasteiger partial charge in [0, 0.05) is 32.6 Å². The number of rotatable bonds is 10. The molecule has 0 aliphatic heterocycles. The molecule has 0 rings (SSSR count).